The van der Waals surface area contributed by atoms with E-state index < -0.39 is 0 Å². The van der Waals surface area contributed by atoms with Crippen LogP contribution in [0.5, 0.6) is 40.2 Å². The van der Waals surface area contributed by atoms with Gasteiger partial charge in [0.25, 0.3) is 35.4 Å². The molecule has 6 N–H and O–H groups in total. The van der Waals surface area contributed by atoms with Gasteiger partial charge in [0, 0.05) is 78.8 Å². The van der Waals surface area contributed by atoms with Crippen LogP contribution in [0.15, 0.2) is 323 Å². The second-order valence-corrected chi connectivity index (χ2v) is 37.7. The molecule has 4 saturated carbocycles. The highest BCUT2D eigenvalue weighted by atomic mass is 35.5. The molecule has 5 aliphatic rings. The van der Waals surface area contributed by atoms with Crippen molar-refractivity contribution in [3.8, 4) is 40.2 Å². The quantitative estimate of drug-likeness (QED) is 0.0218. The minimum Gasteiger partial charge on any atom is -0.497 e. The molecular formula is C120H131ClN14O13. The number of benzene rings is 6. The summed E-state index contributed by atoms with van der Waals surface area (Å²) in [7, 11) is 1.63. The standard InChI is InChI=1S/C22H28N2O3.C22H20N2O2.C21H25ClN2O2.C20H25N3O2.C18H15N3O2.C17H18N2O2/c1-16(17-6-4-3-5-7-17)24-22(25)18-8-9-19(23-14-18)15-27-21-12-10-20(26-2)11-13-21;25-22(24-21-13-11-16-6-4-5-9-20(16)21)17-10-12-18(23-14-17)15-26-19-7-2-1-3-8-19;1-15(16-5-3-2-4-6-16)24-21(25)17-7-10-19(23-13-17)14-26-20-11-8-18(22)9-12-20;1-15(16-6-3-2-4-7-16)23-20(24)17-9-10-18(22-12-17)14-25-19-8-5-11-21-13-19;22-18(21-17-8-4-5-11-19-17)14-9-10-15(20-12-14)13-23-16-6-2-1-3-7-16;20-17(19-14-5-4-6-14)13-9-10-15(18-11-13)12-21-16-7-2-1-3-8-16/h8-14,16-17H,3-7,15H2,1-2H3,(H,24,25);1-10,12,14,21H,11,13,15H2,(H,24,25);7-13,15-16H,2-6,14H2,1H3,(H,24,25);5,8-13,15-16H,2-4,6-7,14H2,1H3,(H,23,24);1-12H,13H2,(H,19,21,22);1-3,7-11,14H,4-6,12H2,(H,19,20)/t16-;;2*15-;;/m1.11../s1. The topological polar surface area (TPSA) is 342 Å². The monoisotopic (exact) mass is 2010 g/mol. The Balaban J connectivity index is 0.000000140. The molecule has 5 aliphatic carbocycles. The average molecular weight is 2010 g/mol. The molecule has 0 radical (unpaired) electrons. The lowest BCUT2D eigenvalue weighted by molar-refractivity contribution is 0.0908. The van der Waals surface area contributed by atoms with E-state index in [9.17, 15) is 28.8 Å². The lowest BCUT2D eigenvalue weighted by atomic mass is 9.84. The summed E-state index contributed by atoms with van der Waals surface area (Å²) in [6.07, 6.45) is 38.8. The Morgan fingerprint density at radius 3 is 0.973 bits per heavy atom. The normalized spacial score (nSPS) is 14.7. The van der Waals surface area contributed by atoms with Gasteiger partial charge in [-0.2, -0.15) is 0 Å². The molecule has 0 spiro atoms. The number of hydrogen-bond donors (Lipinski definition) is 6. The maximum Gasteiger partial charge on any atom is 0.258 e. The number of para-hydroxylation sites is 3. The summed E-state index contributed by atoms with van der Waals surface area (Å²) in [6, 6.07) is 83.3. The first kappa shape index (κ1) is 108. The number of carbonyl (C=O) groups excluding carboxylic acids is 6. The Hall–Kier alpha value is -15.8. The number of nitrogens with zero attached hydrogens (tertiary/aromatic N) is 8. The van der Waals surface area contributed by atoms with E-state index in [0.29, 0.717) is 113 Å². The Kier molecular flexibility index (Phi) is 42.6. The number of nitrogens with one attached hydrogen (secondary N) is 6. The maximum absolute atomic E-state index is 12.5. The first-order chi connectivity index (χ1) is 72.4. The van der Waals surface area contributed by atoms with Crippen LogP contribution in [0.4, 0.5) is 5.82 Å². The van der Waals surface area contributed by atoms with Gasteiger partial charge >= 0.3 is 0 Å². The fraction of sp³-hybridized carbons (Fsp3) is 0.317. The number of aryl methyl sites for hydroxylation is 1. The van der Waals surface area contributed by atoms with Crippen LogP contribution >= 0.6 is 11.6 Å². The molecule has 0 bridgehead atoms. The second kappa shape index (κ2) is 58.4. The average Bonchev–Trinajstić information content (AvgIpc) is 1.68. The summed E-state index contributed by atoms with van der Waals surface area (Å²) in [6.45, 7) is 8.51. The first-order valence-corrected chi connectivity index (χ1v) is 51.5. The van der Waals surface area contributed by atoms with Crippen molar-refractivity contribution < 1.29 is 61.9 Å². The number of ether oxygens (including phenoxy) is 7. The predicted molar refractivity (Wildman–Crippen MR) is 572 cm³/mol. The van der Waals surface area contributed by atoms with Crippen molar-refractivity contribution in [2.75, 3.05) is 12.4 Å². The lowest BCUT2D eigenvalue weighted by Crippen LogP contribution is -2.39. The van der Waals surface area contributed by atoms with Gasteiger partial charge in [0.2, 0.25) is 0 Å². The van der Waals surface area contributed by atoms with E-state index in [1.807, 2.05) is 194 Å². The number of hydrogen-bond acceptors (Lipinski definition) is 21. The van der Waals surface area contributed by atoms with Crippen molar-refractivity contribution in [3.63, 3.8) is 0 Å². The number of amides is 6. The van der Waals surface area contributed by atoms with Crippen molar-refractivity contribution in [3.05, 3.63) is 406 Å². The molecule has 8 heterocycles. The summed E-state index contributed by atoms with van der Waals surface area (Å²) >= 11 is 5.86. The van der Waals surface area contributed by atoms with Crippen molar-refractivity contribution in [2.45, 2.75) is 219 Å². The van der Waals surface area contributed by atoms with Gasteiger partial charge < -0.3 is 65.1 Å². The molecule has 4 fully saturated rings. The molecule has 4 atom stereocenters. The highest BCUT2D eigenvalue weighted by Gasteiger charge is 2.28. The number of halogens is 1. The number of pyridine rings is 8. The summed E-state index contributed by atoms with van der Waals surface area (Å²) < 4.78 is 39.0. The number of rotatable bonds is 34. The Morgan fingerprint density at radius 1 is 0.297 bits per heavy atom. The Morgan fingerprint density at radius 2 is 0.628 bits per heavy atom. The second-order valence-electron chi connectivity index (χ2n) is 37.2. The van der Waals surface area contributed by atoms with Gasteiger partial charge in [-0.25, -0.2) is 4.98 Å². The number of anilines is 1. The summed E-state index contributed by atoms with van der Waals surface area (Å²) in [5.74, 6) is 7.13. The van der Waals surface area contributed by atoms with Gasteiger partial charge in [-0.05, 0) is 302 Å². The molecule has 0 saturated heterocycles. The van der Waals surface area contributed by atoms with Gasteiger partial charge in [-0.15, -0.1) is 0 Å². The predicted octanol–water partition coefficient (Wildman–Crippen LogP) is 23.5. The van der Waals surface area contributed by atoms with Crippen LogP contribution in [0.1, 0.15) is 256 Å². The van der Waals surface area contributed by atoms with Crippen molar-refractivity contribution in [1.82, 2.24) is 66.5 Å². The van der Waals surface area contributed by atoms with E-state index in [0.717, 1.165) is 94.3 Å². The van der Waals surface area contributed by atoms with E-state index in [4.69, 9.17) is 44.8 Å². The highest BCUT2D eigenvalue weighted by Crippen LogP contribution is 2.34. The number of methoxy groups -OCH3 is 1. The molecule has 8 aromatic heterocycles. The van der Waals surface area contributed by atoms with Gasteiger partial charge in [-0.3, -0.25) is 63.7 Å². The minimum absolute atomic E-state index is 0.0391. The molecule has 6 amide bonds. The molecule has 148 heavy (non-hydrogen) atoms. The smallest absolute Gasteiger partial charge is 0.258 e. The van der Waals surface area contributed by atoms with Crippen LogP contribution in [0.25, 0.3) is 0 Å². The van der Waals surface area contributed by atoms with Gasteiger partial charge in [0.05, 0.1) is 86.9 Å². The van der Waals surface area contributed by atoms with Crippen LogP contribution in [0.2, 0.25) is 5.02 Å². The van der Waals surface area contributed by atoms with Gasteiger partial charge in [0.15, 0.2) is 0 Å². The Labute approximate surface area is 871 Å². The fourth-order valence-electron chi connectivity index (χ4n) is 17.5. The third-order valence-corrected chi connectivity index (χ3v) is 26.8. The molecule has 19 rings (SSSR count). The molecule has 6 aromatic carbocycles. The zero-order valence-electron chi connectivity index (χ0n) is 84.4. The number of fused-ring (bicyclic) bond motifs is 1. The molecule has 27 nitrogen and oxygen atoms in total. The van der Waals surface area contributed by atoms with E-state index >= 15 is 0 Å². The molecule has 766 valence electrons. The van der Waals surface area contributed by atoms with E-state index in [1.165, 1.54) is 120 Å². The minimum atomic E-state index is -0.244. The lowest BCUT2D eigenvalue weighted by Gasteiger charge is -2.28. The third kappa shape index (κ3) is 35.9. The third-order valence-electron chi connectivity index (χ3n) is 26.5. The zero-order chi connectivity index (χ0) is 103. The van der Waals surface area contributed by atoms with Crippen molar-refractivity contribution >= 4 is 52.9 Å². The maximum atomic E-state index is 12.5. The fourth-order valence-corrected chi connectivity index (χ4v) is 17.6. The first-order valence-electron chi connectivity index (χ1n) is 51.2. The summed E-state index contributed by atoms with van der Waals surface area (Å²) in [5.41, 5.74) is 10.6. The highest BCUT2D eigenvalue weighted by molar-refractivity contribution is 6.30. The number of aromatic nitrogens is 8. The van der Waals surface area contributed by atoms with E-state index in [1.54, 1.807) is 117 Å². The van der Waals surface area contributed by atoms with Gasteiger partial charge in [-0.1, -0.05) is 154 Å². The van der Waals surface area contributed by atoms with Crippen molar-refractivity contribution in [2.24, 2.45) is 17.8 Å². The van der Waals surface area contributed by atoms with Gasteiger partial charge in [0.1, 0.15) is 85.7 Å². The molecule has 14 aromatic rings. The molecule has 0 aliphatic heterocycles. The largest absolute Gasteiger partial charge is 0.497 e. The molecule has 1 unspecified atom stereocenters. The zero-order valence-corrected chi connectivity index (χ0v) is 85.1. The van der Waals surface area contributed by atoms with Crippen LogP contribution < -0.4 is 65.1 Å². The molecule has 28 heteroatoms. The number of carbonyl (C=O) groups is 6. The molecular weight excluding hydrogens is 1880 g/mol. The summed E-state index contributed by atoms with van der Waals surface area (Å²) in [4.78, 5) is 108. The van der Waals surface area contributed by atoms with E-state index in [-0.39, 0.29) is 59.6 Å². The van der Waals surface area contributed by atoms with E-state index in [2.05, 4.69) is 105 Å². The summed E-state index contributed by atoms with van der Waals surface area (Å²) in [5, 5.41) is 18.9. The van der Waals surface area contributed by atoms with Crippen LogP contribution in [0.3, 0.4) is 0 Å². The van der Waals surface area contributed by atoms with Crippen molar-refractivity contribution in [1.29, 1.82) is 0 Å². The van der Waals surface area contributed by atoms with Crippen LogP contribution in [0, 0.1) is 17.8 Å². The van der Waals surface area contributed by atoms with Crippen LogP contribution in [-0.4, -0.2) is 107 Å². The SMILES string of the molecule is COc1ccc(OCc2ccc(C(=O)N[C@H](C)C3CCCCC3)cn2)cc1.C[C@@H](NC(=O)c1ccc(COc2ccc(Cl)cc2)nc1)C1CCCCC1.C[C@@H](NC(=O)c1ccc(COc2cccnc2)nc1)C1CCCCC1.O=C(NC1CCC1)c1ccc(COc2ccccc2)nc1.O=C(NC1CCc2ccccc21)c1ccc(COc2ccccc2)nc1.O=C(Nc1ccccn1)c1ccc(COc2ccccc2)nc1. The van der Waals surface area contributed by atoms with Crippen LogP contribution in [-0.2, 0) is 46.1 Å². The Bertz CT molecular complexity index is 6350.